The first-order valence-corrected chi connectivity index (χ1v) is 8.90. The molecule has 0 radical (unpaired) electrons. The Bertz CT molecular complexity index is 703. The summed E-state index contributed by atoms with van der Waals surface area (Å²) in [5.74, 6) is -0.197. The lowest BCUT2D eigenvalue weighted by Gasteiger charge is -2.31. The first kappa shape index (κ1) is 15.2. The molecular weight excluding hydrogens is 320 g/mol. The number of carbonyl (C=O) groups is 2. The second-order valence-electron chi connectivity index (χ2n) is 5.19. The van der Waals surface area contributed by atoms with Crippen molar-refractivity contribution in [1.82, 2.24) is 14.9 Å². The van der Waals surface area contributed by atoms with E-state index in [9.17, 15) is 9.59 Å². The van der Waals surface area contributed by atoms with Crippen molar-refractivity contribution in [1.29, 1.82) is 0 Å². The molecule has 1 aliphatic rings. The fourth-order valence-electron chi connectivity index (χ4n) is 2.54. The van der Waals surface area contributed by atoms with Gasteiger partial charge in [0.1, 0.15) is 16.2 Å². The Morgan fingerprint density at radius 1 is 1.45 bits per heavy atom. The molecule has 2 aromatic rings. The summed E-state index contributed by atoms with van der Waals surface area (Å²) >= 11 is 2.97. The van der Waals surface area contributed by atoms with E-state index in [-0.39, 0.29) is 17.7 Å². The summed E-state index contributed by atoms with van der Waals surface area (Å²) in [5, 5.41) is 3.77. The molecule has 2 aromatic heterocycles. The van der Waals surface area contributed by atoms with Gasteiger partial charge in [0.15, 0.2) is 0 Å². The van der Waals surface area contributed by atoms with E-state index in [2.05, 4.69) is 9.97 Å². The van der Waals surface area contributed by atoms with Crippen LogP contribution in [0.3, 0.4) is 0 Å². The van der Waals surface area contributed by atoms with Crippen molar-refractivity contribution in [3.8, 4) is 0 Å². The Labute approximate surface area is 136 Å². The van der Waals surface area contributed by atoms with Crippen LogP contribution in [-0.2, 0) is 9.59 Å². The van der Waals surface area contributed by atoms with Gasteiger partial charge in [-0.2, -0.15) is 0 Å². The van der Waals surface area contributed by atoms with Crippen LogP contribution in [-0.4, -0.2) is 45.5 Å². The number of fused-ring (bicyclic) bond motifs is 1. The van der Waals surface area contributed by atoms with Crippen molar-refractivity contribution < 1.29 is 9.59 Å². The molecule has 3 rings (SSSR count). The van der Waals surface area contributed by atoms with E-state index in [1.807, 2.05) is 11.4 Å². The molecule has 22 heavy (non-hydrogen) atoms. The van der Waals surface area contributed by atoms with Crippen molar-refractivity contribution in [3.63, 3.8) is 0 Å². The number of thiophene rings is 1. The van der Waals surface area contributed by atoms with Gasteiger partial charge < -0.3 is 10.6 Å². The zero-order valence-electron chi connectivity index (χ0n) is 11.9. The lowest BCUT2D eigenvalue weighted by molar-refractivity contribution is -0.132. The largest absolute Gasteiger partial charge is 0.369 e. The van der Waals surface area contributed by atoms with Crippen LogP contribution in [0, 0.1) is 5.92 Å². The summed E-state index contributed by atoms with van der Waals surface area (Å²) in [6, 6.07) is 1.97. The molecule has 1 atom stereocenters. The van der Waals surface area contributed by atoms with Gasteiger partial charge in [-0.05, 0) is 24.3 Å². The fraction of sp³-hybridized carbons (Fsp3) is 0.429. The lowest BCUT2D eigenvalue weighted by Crippen LogP contribution is -2.44. The molecule has 1 aliphatic heterocycles. The number of piperidine rings is 1. The molecular formula is C14H16N4O2S2. The zero-order chi connectivity index (χ0) is 15.5. The Hall–Kier alpha value is -1.67. The highest BCUT2D eigenvalue weighted by atomic mass is 32.2. The maximum Gasteiger partial charge on any atom is 0.233 e. The number of nitrogens with zero attached hydrogens (tertiary/aromatic N) is 3. The van der Waals surface area contributed by atoms with Crippen LogP contribution in [0.4, 0.5) is 0 Å². The monoisotopic (exact) mass is 336 g/mol. The summed E-state index contributed by atoms with van der Waals surface area (Å²) in [7, 11) is 0. The van der Waals surface area contributed by atoms with Gasteiger partial charge in [0.2, 0.25) is 11.8 Å². The SMILES string of the molecule is NC(=O)[C@H]1CCCN(C(=O)CSc2ncnc3sccc23)C1. The molecule has 116 valence electrons. The average Bonchev–Trinajstić information content (AvgIpc) is 3.01. The summed E-state index contributed by atoms with van der Waals surface area (Å²) in [4.78, 5) is 34.7. The predicted octanol–water partition coefficient (Wildman–Crippen LogP) is 1.51. The standard InChI is InChI=1S/C14H16N4O2S2/c15-12(20)9-2-1-4-18(6-9)11(19)7-22-14-10-3-5-21-13(10)16-8-17-14/h3,5,8-9H,1-2,4,6-7H2,(H2,15,20)/t9-/m0/s1. The van der Waals surface area contributed by atoms with Crippen LogP contribution in [0.25, 0.3) is 10.2 Å². The number of amides is 2. The van der Waals surface area contributed by atoms with Crippen LogP contribution in [0.5, 0.6) is 0 Å². The predicted molar refractivity (Wildman–Crippen MR) is 86.6 cm³/mol. The van der Waals surface area contributed by atoms with Crippen molar-refractivity contribution in [2.45, 2.75) is 17.9 Å². The molecule has 2 amide bonds. The van der Waals surface area contributed by atoms with Gasteiger partial charge in [0, 0.05) is 18.5 Å². The van der Waals surface area contributed by atoms with E-state index >= 15 is 0 Å². The van der Waals surface area contributed by atoms with Gasteiger partial charge in [-0.3, -0.25) is 9.59 Å². The van der Waals surface area contributed by atoms with Crippen molar-refractivity contribution in [2.24, 2.45) is 11.7 Å². The molecule has 1 saturated heterocycles. The second kappa shape index (κ2) is 6.62. The highest BCUT2D eigenvalue weighted by molar-refractivity contribution is 8.00. The normalized spacial score (nSPS) is 18.5. The third kappa shape index (κ3) is 3.22. The minimum Gasteiger partial charge on any atom is -0.369 e. The third-order valence-electron chi connectivity index (χ3n) is 3.73. The molecule has 6 nitrogen and oxygen atoms in total. The number of carbonyl (C=O) groups excluding carboxylic acids is 2. The first-order valence-electron chi connectivity index (χ1n) is 7.03. The molecule has 0 saturated carbocycles. The van der Waals surface area contributed by atoms with Crippen molar-refractivity contribution >= 4 is 45.1 Å². The molecule has 0 unspecified atom stereocenters. The number of likely N-dealkylation sites (tertiary alicyclic amines) is 1. The number of hydrogen-bond donors (Lipinski definition) is 1. The molecule has 3 heterocycles. The minimum absolute atomic E-state index is 0.0259. The number of primary amides is 1. The van der Waals surface area contributed by atoms with E-state index in [0.29, 0.717) is 18.8 Å². The fourth-order valence-corrected chi connectivity index (χ4v) is 4.22. The van der Waals surface area contributed by atoms with Crippen molar-refractivity contribution in [3.05, 3.63) is 17.8 Å². The third-order valence-corrected chi connectivity index (χ3v) is 5.54. The van der Waals surface area contributed by atoms with Gasteiger partial charge in [0.05, 0.1) is 11.7 Å². The molecule has 8 heteroatoms. The average molecular weight is 336 g/mol. The number of hydrogen-bond acceptors (Lipinski definition) is 6. The van der Waals surface area contributed by atoms with Crippen LogP contribution < -0.4 is 5.73 Å². The van der Waals surface area contributed by atoms with Crippen LogP contribution in [0.1, 0.15) is 12.8 Å². The van der Waals surface area contributed by atoms with Crippen LogP contribution >= 0.6 is 23.1 Å². The maximum absolute atomic E-state index is 12.3. The summed E-state index contributed by atoms with van der Waals surface area (Å²) < 4.78 is 0. The van der Waals surface area contributed by atoms with Crippen LogP contribution in [0.2, 0.25) is 0 Å². The van der Waals surface area contributed by atoms with Gasteiger partial charge in [0.25, 0.3) is 0 Å². The number of thioether (sulfide) groups is 1. The molecule has 0 spiro atoms. The lowest BCUT2D eigenvalue weighted by atomic mass is 9.97. The molecule has 1 fully saturated rings. The van der Waals surface area contributed by atoms with E-state index in [0.717, 1.165) is 28.1 Å². The van der Waals surface area contributed by atoms with Gasteiger partial charge >= 0.3 is 0 Å². The Balaban J connectivity index is 1.62. The zero-order valence-corrected chi connectivity index (χ0v) is 13.5. The van der Waals surface area contributed by atoms with E-state index in [4.69, 9.17) is 5.73 Å². The number of aromatic nitrogens is 2. The molecule has 2 N–H and O–H groups in total. The van der Waals surface area contributed by atoms with E-state index in [1.54, 1.807) is 16.2 Å². The Kier molecular flexibility index (Phi) is 4.58. The van der Waals surface area contributed by atoms with Gasteiger partial charge in [-0.15, -0.1) is 11.3 Å². The quantitative estimate of drug-likeness (QED) is 0.675. The number of rotatable bonds is 4. The molecule has 0 bridgehead atoms. The summed E-state index contributed by atoms with van der Waals surface area (Å²) in [5.41, 5.74) is 5.35. The minimum atomic E-state index is -0.319. The Morgan fingerprint density at radius 3 is 3.14 bits per heavy atom. The summed E-state index contributed by atoms with van der Waals surface area (Å²) in [6.45, 7) is 1.13. The highest BCUT2D eigenvalue weighted by Crippen LogP contribution is 2.28. The second-order valence-corrected chi connectivity index (χ2v) is 7.05. The highest BCUT2D eigenvalue weighted by Gasteiger charge is 2.26. The molecule has 0 aliphatic carbocycles. The molecule has 0 aromatic carbocycles. The van der Waals surface area contributed by atoms with Crippen LogP contribution in [0.15, 0.2) is 22.8 Å². The smallest absolute Gasteiger partial charge is 0.233 e. The maximum atomic E-state index is 12.3. The number of nitrogens with two attached hydrogens (primary N) is 1. The summed E-state index contributed by atoms with van der Waals surface area (Å²) in [6.07, 6.45) is 3.12. The van der Waals surface area contributed by atoms with Gasteiger partial charge in [-0.25, -0.2) is 9.97 Å². The van der Waals surface area contributed by atoms with E-state index in [1.165, 1.54) is 18.1 Å². The van der Waals surface area contributed by atoms with E-state index < -0.39 is 0 Å². The van der Waals surface area contributed by atoms with Gasteiger partial charge in [-0.1, -0.05) is 11.8 Å². The van der Waals surface area contributed by atoms with Crippen molar-refractivity contribution in [2.75, 3.05) is 18.8 Å². The Morgan fingerprint density at radius 2 is 2.32 bits per heavy atom. The first-order chi connectivity index (χ1) is 10.6. The topological polar surface area (TPSA) is 89.2 Å².